The molecule has 1 heterocycles. The van der Waals surface area contributed by atoms with Gasteiger partial charge in [-0.05, 0) is 57.6 Å². The number of phenolic OH excluding ortho intramolecular Hbond substituents is 2. The highest BCUT2D eigenvalue weighted by atomic mass is 32.2. The molecule has 1 aliphatic heterocycles. The third kappa shape index (κ3) is 11.1. The summed E-state index contributed by atoms with van der Waals surface area (Å²) in [5.41, 5.74) is -3.87. The SMILES string of the molecule is COc1cccc2c1C(=O)c1c(O)c3c(c(O)c1C2=O)C[C@@](O)(C(C)=O)C[C@@H]3O[C@H]1C[C@H](NC(=O)[C@H](CC(C)C)NC(=O)[C@H](C)NC(=O)[C@H](CCSC)NC(=O)CCC(=O)O)[C@H](O)[C@H](C)O1. The number of aliphatic hydroxyl groups excluding tert-OH is 1. The second-order valence-corrected chi connectivity index (χ2v) is 18.3. The maximum absolute atomic E-state index is 14.0. The lowest BCUT2D eigenvalue weighted by molar-refractivity contribution is -0.249. The first-order valence-electron chi connectivity index (χ1n) is 21.5. The predicted octanol–water partition coefficient (Wildman–Crippen LogP) is 1.32. The topological polar surface area (TPSA) is 314 Å². The molecule has 0 radical (unpaired) electrons. The molecule has 2 aliphatic carbocycles. The number of aromatic hydroxyl groups is 2. The molecule has 0 saturated carbocycles. The van der Waals surface area contributed by atoms with Crippen LogP contribution in [0.3, 0.4) is 0 Å². The Bertz CT molecular complexity index is 2270. The molecule has 3 aliphatic rings. The van der Waals surface area contributed by atoms with E-state index in [2.05, 4.69) is 21.3 Å². The Balaban J connectivity index is 1.36. The average molecular weight is 943 g/mol. The van der Waals surface area contributed by atoms with Crippen LogP contribution in [0.1, 0.15) is 122 Å². The number of carboxylic acid groups (broad SMARTS) is 1. The number of carbonyl (C=O) groups excluding carboxylic acids is 7. The molecule has 9 N–H and O–H groups in total. The van der Waals surface area contributed by atoms with Crippen LogP contribution in [0.15, 0.2) is 18.2 Å². The van der Waals surface area contributed by atoms with Gasteiger partial charge in [0.1, 0.15) is 47.1 Å². The van der Waals surface area contributed by atoms with E-state index >= 15 is 0 Å². The van der Waals surface area contributed by atoms with Crippen LogP contribution in [0.5, 0.6) is 17.2 Å². The highest BCUT2D eigenvalue weighted by Gasteiger charge is 2.50. The van der Waals surface area contributed by atoms with Crippen LogP contribution in [-0.4, -0.2) is 140 Å². The first-order chi connectivity index (χ1) is 31.0. The van der Waals surface area contributed by atoms with Crippen molar-refractivity contribution in [1.29, 1.82) is 0 Å². The van der Waals surface area contributed by atoms with Gasteiger partial charge in [-0.2, -0.15) is 11.8 Å². The number of fused-ring (bicyclic) bond motifs is 3. The zero-order valence-corrected chi connectivity index (χ0v) is 38.5. The molecule has 2 aromatic carbocycles. The Kier molecular flexibility index (Phi) is 16.6. The van der Waals surface area contributed by atoms with E-state index in [1.165, 1.54) is 50.9 Å². The fourth-order valence-corrected chi connectivity index (χ4v) is 8.89. The number of thioether (sulfide) groups is 1. The van der Waals surface area contributed by atoms with Gasteiger partial charge in [0.15, 0.2) is 17.9 Å². The lowest BCUT2D eigenvalue weighted by atomic mass is 9.72. The van der Waals surface area contributed by atoms with Crippen molar-refractivity contribution in [3.63, 3.8) is 0 Å². The monoisotopic (exact) mass is 942 g/mol. The minimum absolute atomic E-state index is 0.0458. The summed E-state index contributed by atoms with van der Waals surface area (Å²) in [6.07, 6.45) is -5.12. The Morgan fingerprint density at radius 3 is 2.23 bits per heavy atom. The van der Waals surface area contributed by atoms with Crippen LogP contribution in [0.4, 0.5) is 0 Å². The largest absolute Gasteiger partial charge is 0.507 e. The van der Waals surface area contributed by atoms with Crippen molar-refractivity contribution in [2.24, 2.45) is 5.92 Å². The molecule has 0 spiro atoms. The number of methoxy groups -OCH3 is 1. The van der Waals surface area contributed by atoms with E-state index in [0.29, 0.717) is 5.75 Å². The number of benzene rings is 2. The molecule has 1 fully saturated rings. The number of aliphatic carboxylic acids is 1. The minimum Gasteiger partial charge on any atom is -0.507 e. The predicted molar refractivity (Wildman–Crippen MR) is 235 cm³/mol. The van der Waals surface area contributed by atoms with Gasteiger partial charge in [0.2, 0.25) is 29.4 Å². The van der Waals surface area contributed by atoms with Gasteiger partial charge in [-0.15, -0.1) is 0 Å². The van der Waals surface area contributed by atoms with E-state index in [1.54, 1.807) is 6.26 Å². The number of Topliss-reactive ketones (excluding diaryl/α,β-unsaturated/α-hetero) is 1. The number of carbonyl (C=O) groups is 8. The van der Waals surface area contributed by atoms with E-state index in [0.717, 1.165) is 6.92 Å². The molecule has 9 atom stereocenters. The molecule has 21 heteroatoms. The van der Waals surface area contributed by atoms with E-state index < -0.39 is 143 Å². The number of hydrogen-bond donors (Lipinski definition) is 9. The average Bonchev–Trinajstić information content (AvgIpc) is 3.25. The maximum atomic E-state index is 14.0. The molecule has 1 saturated heterocycles. The summed E-state index contributed by atoms with van der Waals surface area (Å²) in [6.45, 7) is 7.61. The number of nitrogens with one attached hydrogen (secondary N) is 4. The van der Waals surface area contributed by atoms with Gasteiger partial charge in [-0.3, -0.25) is 38.4 Å². The number of rotatable bonds is 19. The zero-order chi connectivity index (χ0) is 48.9. The van der Waals surface area contributed by atoms with Gasteiger partial charge >= 0.3 is 5.97 Å². The van der Waals surface area contributed by atoms with Gasteiger partial charge in [0.25, 0.3) is 0 Å². The summed E-state index contributed by atoms with van der Waals surface area (Å²) in [7, 11) is 1.30. The van der Waals surface area contributed by atoms with Crippen molar-refractivity contribution in [3.8, 4) is 17.2 Å². The molecule has 360 valence electrons. The third-order valence-electron chi connectivity index (χ3n) is 12.0. The van der Waals surface area contributed by atoms with Crippen molar-refractivity contribution in [1.82, 2.24) is 21.3 Å². The van der Waals surface area contributed by atoms with Crippen LogP contribution in [0.25, 0.3) is 0 Å². The summed E-state index contributed by atoms with van der Waals surface area (Å²) in [6, 6.07) is -0.244. The molecule has 0 aromatic heterocycles. The van der Waals surface area contributed by atoms with Crippen LogP contribution in [-0.2, 0) is 44.7 Å². The van der Waals surface area contributed by atoms with E-state index in [-0.39, 0.29) is 59.6 Å². The molecular formula is C45H58N4O16S. The lowest BCUT2D eigenvalue weighted by Gasteiger charge is -2.43. The number of carboxylic acids is 1. The Morgan fingerprint density at radius 2 is 1.61 bits per heavy atom. The highest BCUT2D eigenvalue weighted by Crippen LogP contribution is 2.52. The summed E-state index contributed by atoms with van der Waals surface area (Å²) in [5, 5.41) is 65.8. The molecule has 0 unspecified atom stereocenters. The van der Waals surface area contributed by atoms with E-state index in [9.17, 15) is 58.8 Å². The Hall–Kier alpha value is -5.61. The molecular weight excluding hydrogens is 885 g/mol. The molecule has 66 heavy (non-hydrogen) atoms. The molecule has 4 amide bonds. The van der Waals surface area contributed by atoms with Crippen LogP contribution in [0, 0.1) is 5.92 Å². The zero-order valence-electron chi connectivity index (χ0n) is 37.7. The fourth-order valence-electron chi connectivity index (χ4n) is 8.42. The fraction of sp³-hybridized carbons (Fsp3) is 0.556. The first kappa shape index (κ1) is 51.4. The second kappa shape index (κ2) is 21.3. The molecule has 2 aromatic rings. The van der Waals surface area contributed by atoms with Crippen LogP contribution >= 0.6 is 11.8 Å². The van der Waals surface area contributed by atoms with E-state index in [1.807, 2.05) is 13.8 Å². The molecule has 5 rings (SSSR count). The summed E-state index contributed by atoms with van der Waals surface area (Å²) in [5.74, 6) is -7.44. The van der Waals surface area contributed by atoms with Crippen molar-refractivity contribution in [2.45, 2.75) is 134 Å². The van der Waals surface area contributed by atoms with Gasteiger partial charge < -0.3 is 61.0 Å². The summed E-state index contributed by atoms with van der Waals surface area (Å²) >= 11 is 1.41. The number of hydrogen-bond acceptors (Lipinski definition) is 16. The third-order valence-corrected chi connectivity index (χ3v) is 12.6. The number of ether oxygens (including phenoxy) is 3. The van der Waals surface area contributed by atoms with Crippen molar-refractivity contribution >= 4 is 58.7 Å². The number of aliphatic hydroxyl groups is 2. The standard InChI is InChI=1S/C45H58N4O16S/c1-19(2)15-27(49-42(59)20(3)46-43(60)25(13-14-66-7)47-30(51)11-12-31(52)53)44(61)48-26-16-32(64-21(4)37(26)54)65-29-18-45(62,22(5)50)17-24-34(29)41(58)36-35(39(24)56)38(55)23-9-8-10-28(63-6)33(23)40(36)57/h8-10,19-21,25-27,29,32,37,54,56,58,62H,11-18H2,1-7H3,(H,46,60)(H,47,51)(H,48,61)(H,49,59)(H,52,53)/t20-,21-,25-,26-,27-,29-,32-,37+,45-/m0/s1. The molecule has 0 bridgehead atoms. The molecule has 20 nitrogen and oxygen atoms in total. The maximum Gasteiger partial charge on any atom is 0.303 e. The van der Waals surface area contributed by atoms with Gasteiger partial charge in [-0.25, -0.2) is 0 Å². The normalized spacial score (nSPS) is 23.6. The minimum atomic E-state index is -2.18. The smallest absolute Gasteiger partial charge is 0.303 e. The lowest BCUT2D eigenvalue weighted by Crippen LogP contribution is -2.60. The van der Waals surface area contributed by atoms with Gasteiger partial charge in [0, 0.05) is 42.4 Å². The number of ketones is 3. The Labute approximate surface area is 384 Å². The first-order valence-corrected chi connectivity index (χ1v) is 22.9. The van der Waals surface area contributed by atoms with Crippen molar-refractivity contribution < 1.29 is 78.1 Å². The summed E-state index contributed by atoms with van der Waals surface area (Å²) < 4.78 is 17.6. The summed E-state index contributed by atoms with van der Waals surface area (Å²) in [4.78, 5) is 105. The number of phenols is 2. The van der Waals surface area contributed by atoms with Crippen LogP contribution in [0.2, 0.25) is 0 Å². The van der Waals surface area contributed by atoms with Crippen molar-refractivity contribution in [3.05, 3.63) is 51.6 Å². The highest BCUT2D eigenvalue weighted by molar-refractivity contribution is 7.98. The quantitative estimate of drug-likeness (QED) is 0.0766. The number of amides is 4. The van der Waals surface area contributed by atoms with Gasteiger partial charge in [-0.1, -0.05) is 26.0 Å². The van der Waals surface area contributed by atoms with E-state index in [4.69, 9.17) is 19.3 Å². The Morgan fingerprint density at radius 1 is 0.924 bits per heavy atom. The van der Waals surface area contributed by atoms with Crippen molar-refractivity contribution in [2.75, 3.05) is 19.1 Å². The van der Waals surface area contributed by atoms with Crippen LogP contribution < -0.4 is 26.0 Å². The second-order valence-electron chi connectivity index (χ2n) is 17.3. The van der Waals surface area contributed by atoms with Gasteiger partial charge in [0.05, 0.1) is 48.5 Å².